The largest absolute Gasteiger partial charge is 0.324 e. The highest BCUT2D eigenvalue weighted by Crippen LogP contribution is 2.29. The van der Waals surface area contributed by atoms with E-state index in [-0.39, 0.29) is 11.3 Å². The average molecular weight is 337 g/mol. The number of hydrogen-bond acceptors (Lipinski definition) is 4. The van der Waals surface area contributed by atoms with Crippen LogP contribution in [0.15, 0.2) is 23.1 Å². The molecule has 0 spiro atoms. The van der Waals surface area contributed by atoms with Crippen LogP contribution in [0.1, 0.15) is 32.1 Å². The third kappa shape index (κ3) is 3.37. The molecule has 2 aliphatic heterocycles. The Bertz CT molecular complexity index is 737. The van der Waals surface area contributed by atoms with Crippen molar-refractivity contribution in [2.24, 2.45) is 0 Å². The molecule has 1 fully saturated rings. The van der Waals surface area contributed by atoms with Crippen molar-refractivity contribution in [3.63, 3.8) is 0 Å². The van der Waals surface area contributed by atoms with Crippen LogP contribution in [-0.4, -0.2) is 37.6 Å². The predicted octanol–water partition coefficient (Wildman–Crippen LogP) is 1.53. The van der Waals surface area contributed by atoms with E-state index in [4.69, 9.17) is 0 Å². The molecule has 2 aliphatic rings. The number of rotatable bonds is 2. The molecule has 0 bridgehead atoms. The lowest BCUT2D eigenvalue weighted by Gasteiger charge is -2.20. The summed E-state index contributed by atoms with van der Waals surface area (Å²) in [6.45, 7) is 1.03. The Morgan fingerprint density at radius 2 is 1.48 bits per heavy atom. The van der Waals surface area contributed by atoms with E-state index in [1.54, 1.807) is 0 Å². The average Bonchev–Trinajstić information content (AvgIpc) is 2.84. The van der Waals surface area contributed by atoms with E-state index in [1.165, 1.54) is 22.5 Å². The fraction of sp³-hybridized carbons (Fsp3) is 0.467. The summed E-state index contributed by atoms with van der Waals surface area (Å²) in [7, 11) is -3.59. The maximum atomic E-state index is 12.8. The number of nitrogens with one attached hydrogen (secondary N) is 2. The van der Waals surface area contributed by atoms with Crippen LogP contribution in [0.2, 0.25) is 0 Å². The first-order chi connectivity index (χ1) is 11.0. The molecule has 0 unspecified atom stereocenters. The van der Waals surface area contributed by atoms with Gasteiger partial charge in [-0.2, -0.15) is 4.31 Å². The topological polar surface area (TPSA) is 95.6 Å². The number of anilines is 2. The van der Waals surface area contributed by atoms with Crippen LogP contribution in [0.3, 0.4) is 0 Å². The van der Waals surface area contributed by atoms with Crippen molar-refractivity contribution >= 4 is 33.2 Å². The number of benzene rings is 1. The van der Waals surface area contributed by atoms with Gasteiger partial charge in [-0.15, -0.1) is 0 Å². The van der Waals surface area contributed by atoms with E-state index in [0.717, 1.165) is 25.7 Å². The Hall–Kier alpha value is -1.93. The van der Waals surface area contributed by atoms with Gasteiger partial charge in [-0.3, -0.25) is 9.59 Å². The molecule has 7 nitrogen and oxygen atoms in total. The third-order valence-corrected chi connectivity index (χ3v) is 5.96. The second-order valence-electron chi connectivity index (χ2n) is 5.80. The van der Waals surface area contributed by atoms with Crippen molar-refractivity contribution in [2.45, 2.75) is 37.0 Å². The normalized spacial score (nSPS) is 20.0. The second-order valence-corrected chi connectivity index (χ2v) is 7.74. The van der Waals surface area contributed by atoms with Crippen molar-refractivity contribution in [2.75, 3.05) is 23.7 Å². The molecule has 2 heterocycles. The lowest BCUT2D eigenvalue weighted by atomic mass is 10.2. The first-order valence-electron chi connectivity index (χ1n) is 7.71. The molecule has 1 aromatic rings. The minimum absolute atomic E-state index is 0.134. The summed E-state index contributed by atoms with van der Waals surface area (Å²) >= 11 is 0. The van der Waals surface area contributed by atoms with Gasteiger partial charge in [0.05, 0.1) is 16.3 Å². The highest BCUT2D eigenvalue weighted by atomic mass is 32.2. The zero-order chi connectivity index (χ0) is 16.4. The Balaban J connectivity index is 1.94. The van der Waals surface area contributed by atoms with E-state index in [9.17, 15) is 18.0 Å². The first-order valence-corrected chi connectivity index (χ1v) is 9.15. The van der Waals surface area contributed by atoms with Crippen molar-refractivity contribution in [3.8, 4) is 0 Å². The minimum atomic E-state index is -3.59. The number of fused-ring (bicyclic) bond motifs is 1. The van der Waals surface area contributed by atoms with Gasteiger partial charge in [0, 0.05) is 13.1 Å². The molecule has 23 heavy (non-hydrogen) atoms. The summed E-state index contributed by atoms with van der Waals surface area (Å²) in [6, 6.07) is 4.40. The van der Waals surface area contributed by atoms with Crippen LogP contribution in [0.4, 0.5) is 11.4 Å². The monoisotopic (exact) mass is 337 g/mol. The molecule has 1 aromatic carbocycles. The highest BCUT2D eigenvalue weighted by molar-refractivity contribution is 7.89. The van der Waals surface area contributed by atoms with Crippen molar-refractivity contribution in [1.82, 2.24) is 4.31 Å². The van der Waals surface area contributed by atoms with Gasteiger partial charge in [-0.05, 0) is 31.0 Å². The number of sulfonamides is 1. The van der Waals surface area contributed by atoms with Gasteiger partial charge < -0.3 is 10.6 Å². The van der Waals surface area contributed by atoms with Crippen molar-refractivity contribution < 1.29 is 18.0 Å². The molecule has 1 saturated heterocycles. The lowest BCUT2D eigenvalue weighted by molar-refractivity contribution is -0.123. The smallest absolute Gasteiger partial charge is 0.243 e. The maximum Gasteiger partial charge on any atom is 0.243 e. The summed E-state index contributed by atoms with van der Waals surface area (Å²) in [5.74, 6) is -0.866. The molecular weight excluding hydrogens is 318 g/mol. The lowest BCUT2D eigenvalue weighted by Crippen LogP contribution is -2.32. The van der Waals surface area contributed by atoms with E-state index >= 15 is 0 Å². The highest BCUT2D eigenvalue weighted by Gasteiger charge is 2.27. The van der Waals surface area contributed by atoms with Crippen LogP contribution in [-0.2, 0) is 19.6 Å². The molecule has 0 aromatic heterocycles. The summed E-state index contributed by atoms with van der Waals surface area (Å²) in [5.41, 5.74) is 0.729. The quantitative estimate of drug-likeness (QED) is 0.800. The maximum absolute atomic E-state index is 12.8. The number of hydrogen-bond donors (Lipinski definition) is 2. The summed E-state index contributed by atoms with van der Waals surface area (Å²) in [5, 5.41) is 5.17. The molecule has 0 saturated carbocycles. The zero-order valence-electron chi connectivity index (χ0n) is 12.7. The molecule has 2 N–H and O–H groups in total. The first kappa shape index (κ1) is 15.9. The van der Waals surface area contributed by atoms with Gasteiger partial charge in [-0.25, -0.2) is 8.42 Å². The Morgan fingerprint density at radius 1 is 0.870 bits per heavy atom. The van der Waals surface area contributed by atoms with Gasteiger partial charge in [0.2, 0.25) is 21.8 Å². The summed E-state index contributed by atoms with van der Waals surface area (Å²) < 4.78 is 27.1. The van der Waals surface area contributed by atoms with Crippen LogP contribution >= 0.6 is 0 Å². The fourth-order valence-corrected chi connectivity index (χ4v) is 4.41. The van der Waals surface area contributed by atoms with Gasteiger partial charge in [0.15, 0.2) is 0 Å². The standard InChI is InChI=1S/C15H19N3O4S/c19-14-10-15(20)17-13-9-11(5-6-12(13)16-14)23(21,22)18-7-3-1-2-4-8-18/h5-6,9H,1-4,7-8,10H2,(H,16,19)(H,17,20). The Kier molecular flexibility index (Phi) is 4.36. The molecule has 8 heteroatoms. The minimum Gasteiger partial charge on any atom is -0.324 e. The van der Waals surface area contributed by atoms with Gasteiger partial charge in [0.25, 0.3) is 0 Å². The molecule has 0 atom stereocenters. The molecular formula is C15H19N3O4S. The Morgan fingerprint density at radius 3 is 2.13 bits per heavy atom. The molecule has 0 radical (unpaired) electrons. The van der Waals surface area contributed by atoms with Crippen LogP contribution in [0.25, 0.3) is 0 Å². The van der Waals surface area contributed by atoms with Gasteiger partial charge in [-0.1, -0.05) is 12.8 Å². The number of carbonyl (C=O) groups excluding carboxylic acids is 2. The van der Waals surface area contributed by atoms with E-state index in [1.807, 2.05) is 0 Å². The van der Waals surface area contributed by atoms with Gasteiger partial charge in [0.1, 0.15) is 6.42 Å². The number of amides is 2. The van der Waals surface area contributed by atoms with Gasteiger partial charge >= 0.3 is 0 Å². The number of carbonyl (C=O) groups is 2. The third-order valence-electron chi connectivity index (χ3n) is 4.06. The van der Waals surface area contributed by atoms with E-state index in [2.05, 4.69) is 10.6 Å². The second kappa shape index (κ2) is 6.29. The van der Waals surface area contributed by atoms with Crippen molar-refractivity contribution in [1.29, 1.82) is 0 Å². The molecule has 2 amide bonds. The molecule has 0 aliphatic carbocycles. The molecule has 124 valence electrons. The van der Waals surface area contributed by atoms with Crippen LogP contribution < -0.4 is 10.6 Å². The summed E-state index contributed by atoms with van der Waals surface area (Å²) in [6.07, 6.45) is 3.52. The number of nitrogens with zero attached hydrogens (tertiary/aromatic N) is 1. The zero-order valence-corrected chi connectivity index (χ0v) is 13.5. The van der Waals surface area contributed by atoms with Crippen LogP contribution in [0, 0.1) is 0 Å². The predicted molar refractivity (Wildman–Crippen MR) is 85.5 cm³/mol. The van der Waals surface area contributed by atoms with E-state index < -0.39 is 21.8 Å². The van der Waals surface area contributed by atoms with E-state index in [0.29, 0.717) is 24.5 Å². The SMILES string of the molecule is O=C1CC(=O)Nc2cc(S(=O)(=O)N3CCCCCC3)ccc2N1. The Labute approximate surface area is 135 Å². The van der Waals surface area contributed by atoms with Crippen molar-refractivity contribution in [3.05, 3.63) is 18.2 Å². The van der Waals surface area contributed by atoms with Crippen LogP contribution in [0.5, 0.6) is 0 Å². The fourth-order valence-electron chi connectivity index (χ4n) is 2.86. The summed E-state index contributed by atoms with van der Waals surface area (Å²) in [4.78, 5) is 23.3. The molecule has 3 rings (SSSR count).